The quantitative estimate of drug-likeness (QED) is 0.779. The SMILES string of the molecule is COC[C@@H]1CN(C)C2(C1)CN(C(=O)C1CC(O)C1)C2. The Morgan fingerprint density at radius 1 is 1.42 bits per heavy atom. The highest BCUT2D eigenvalue weighted by Gasteiger charge is 2.54. The zero-order valence-electron chi connectivity index (χ0n) is 11.8. The Morgan fingerprint density at radius 3 is 2.68 bits per heavy atom. The molecule has 1 atom stereocenters. The van der Waals surface area contributed by atoms with Crippen molar-refractivity contribution in [1.29, 1.82) is 0 Å². The number of amides is 1. The maximum absolute atomic E-state index is 12.2. The summed E-state index contributed by atoms with van der Waals surface area (Å²) in [5, 5.41) is 9.29. The van der Waals surface area contributed by atoms with Crippen molar-refractivity contribution in [3.8, 4) is 0 Å². The third-order valence-electron chi connectivity index (χ3n) is 5.16. The summed E-state index contributed by atoms with van der Waals surface area (Å²) in [6.45, 7) is 3.59. The number of hydrogen-bond donors (Lipinski definition) is 1. The molecule has 5 nitrogen and oxygen atoms in total. The number of hydrogen-bond acceptors (Lipinski definition) is 4. The van der Waals surface area contributed by atoms with Crippen LogP contribution in [0.5, 0.6) is 0 Å². The van der Waals surface area contributed by atoms with E-state index >= 15 is 0 Å². The molecule has 2 aliphatic heterocycles. The maximum atomic E-state index is 12.2. The largest absolute Gasteiger partial charge is 0.393 e. The first-order valence-electron chi connectivity index (χ1n) is 7.21. The smallest absolute Gasteiger partial charge is 0.226 e. The Hall–Kier alpha value is -0.650. The molecular weight excluding hydrogens is 244 g/mol. The van der Waals surface area contributed by atoms with Crippen LogP contribution in [0.4, 0.5) is 0 Å². The molecule has 0 aromatic carbocycles. The molecule has 2 heterocycles. The summed E-state index contributed by atoms with van der Waals surface area (Å²) in [5.41, 5.74) is 0.196. The molecule has 0 aromatic rings. The van der Waals surface area contributed by atoms with Crippen LogP contribution in [0.15, 0.2) is 0 Å². The number of rotatable bonds is 3. The van der Waals surface area contributed by atoms with E-state index in [1.165, 1.54) is 0 Å². The minimum Gasteiger partial charge on any atom is -0.393 e. The van der Waals surface area contributed by atoms with Crippen molar-refractivity contribution in [3.63, 3.8) is 0 Å². The third kappa shape index (κ3) is 2.18. The number of carbonyl (C=O) groups excluding carboxylic acids is 1. The number of nitrogens with zero attached hydrogens (tertiary/aromatic N) is 2. The maximum Gasteiger partial charge on any atom is 0.226 e. The number of methoxy groups -OCH3 is 1. The first-order valence-corrected chi connectivity index (χ1v) is 7.21. The molecule has 2 saturated heterocycles. The molecule has 1 amide bonds. The second-order valence-corrected chi connectivity index (χ2v) is 6.65. The first-order chi connectivity index (χ1) is 9.04. The zero-order valence-corrected chi connectivity index (χ0v) is 11.8. The van der Waals surface area contributed by atoms with E-state index in [2.05, 4.69) is 11.9 Å². The van der Waals surface area contributed by atoms with E-state index in [1.807, 2.05) is 4.90 Å². The zero-order chi connectivity index (χ0) is 13.6. The molecule has 3 fully saturated rings. The van der Waals surface area contributed by atoms with Gasteiger partial charge in [0.25, 0.3) is 0 Å². The van der Waals surface area contributed by atoms with Crippen LogP contribution in [0.3, 0.4) is 0 Å². The molecule has 0 aromatic heterocycles. The summed E-state index contributed by atoms with van der Waals surface area (Å²) in [4.78, 5) is 16.6. The van der Waals surface area contributed by atoms with Crippen LogP contribution in [-0.4, -0.2) is 72.9 Å². The second kappa shape index (κ2) is 4.72. The highest BCUT2D eigenvalue weighted by atomic mass is 16.5. The Kier molecular flexibility index (Phi) is 3.31. The van der Waals surface area contributed by atoms with Gasteiger partial charge in [0.05, 0.1) is 18.2 Å². The summed E-state index contributed by atoms with van der Waals surface area (Å²) in [7, 11) is 3.91. The Bertz CT molecular complexity index is 362. The molecule has 0 radical (unpaired) electrons. The van der Waals surface area contributed by atoms with Crippen molar-refractivity contribution < 1.29 is 14.6 Å². The fourth-order valence-electron chi connectivity index (χ4n) is 3.92. The summed E-state index contributed by atoms with van der Waals surface area (Å²) in [5.74, 6) is 0.922. The van der Waals surface area contributed by atoms with Gasteiger partial charge in [-0.3, -0.25) is 9.69 Å². The molecule has 108 valence electrons. The van der Waals surface area contributed by atoms with Crippen LogP contribution in [0.25, 0.3) is 0 Å². The van der Waals surface area contributed by atoms with E-state index in [1.54, 1.807) is 7.11 Å². The van der Waals surface area contributed by atoms with E-state index in [-0.39, 0.29) is 23.5 Å². The minimum atomic E-state index is -0.246. The molecule has 3 aliphatic rings. The van der Waals surface area contributed by atoms with Crippen LogP contribution in [0.2, 0.25) is 0 Å². The van der Waals surface area contributed by atoms with Gasteiger partial charge in [0.1, 0.15) is 0 Å². The van der Waals surface area contributed by atoms with E-state index in [0.717, 1.165) is 32.7 Å². The van der Waals surface area contributed by atoms with Gasteiger partial charge in [-0.05, 0) is 32.2 Å². The number of carbonyl (C=O) groups is 1. The van der Waals surface area contributed by atoms with Gasteiger partial charge in [-0.1, -0.05) is 0 Å². The Balaban J connectivity index is 1.52. The molecule has 1 N–H and O–H groups in total. The van der Waals surface area contributed by atoms with Gasteiger partial charge in [0.2, 0.25) is 5.91 Å². The second-order valence-electron chi connectivity index (χ2n) is 6.65. The first kappa shape index (κ1) is 13.3. The van der Waals surface area contributed by atoms with Gasteiger partial charge < -0.3 is 14.7 Å². The van der Waals surface area contributed by atoms with Crippen molar-refractivity contribution in [2.24, 2.45) is 11.8 Å². The van der Waals surface area contributed by atoms with Crippen LogP contribution in [-0.2, 0) is 9.53 Å². The Labute approximate surface area is 114 Å². The van der Waals surface area contributed by atoms with Gasteiger partial charge >= 0.3 is 0 Å². The van der Waals surface area contributed by atoms with E-state index < -0.39 is 0 Å². The van der Waals surface area contributed by atoms with Crippen LogP contribution >= 0.6 is 0 Å². The summed E-state index contributed by atoms with van der Waals surface area (Å²) < 4.78 is 5.25. The molecule has 1 saturated carbocycles. The summed E-state index contributed by atoms with van der Waals surface area (Å²) >= 11 is 0. The lowest BCUT2D eigenvalue weighted by atomic mass is 9.78. The molecule has 19 heavy (non-hydrogen) atoms. The summed E-state index contributed by atoms with van der Waals surface area (Å²) in [6.07, 6.45) is 2.20. The molecular formula is C14H24N2O3. The van der Waals surface area contributed by atoms with Gasteiger partial charge in [-0.2, -0.15) is 0 Å². The van der Waals surface area contributed by atoms with Gasteiger partial charge in [-0.15, -0.1) is 0 Å². The average Bonchev–Trinajstić information content (AvgIpc) is 2.60. The number of aliphatic hydroxyl groups is 1. The average molecular weight is 268 g/mol. The van der Waals surface area contributed by atoms with E-state index in [9.17, 15) is 9.90 Å². The van der Waals surface area contributed by atoms with Crippen LogP contribution in [0.1, 0.15) is 19.3 Å². The molecule has 1 aliphatic carbocycles. The monoisotopic (exact) mass is 268 g/mol. The van der Waals surface area contributed by atoms with Crippen molar-refractivity contribution in [2.45, 2.75) is 30.9 Å². The predicted molar refractivity (Wildman–Crippen MR) is 70.7 cm³/mol. The fourth-order valence-corrected chi connectivity index (χ4v) is 3.92. The van der Waals surface area contributed by atoms with Gasteiger partial charge in [0.15, 0.2) is 0 Å². The fraction of sp³-hybridized carbons (Fsp3) is 0.929. The number of aliphatic hydroxyl groups excluding tert-OH is 1. The lowest BCUT2D eigenvalue weighted by Crippen LogP contribution is -2.69. The normalized spacial score (nSPS) is 37.2. The minimum absolute atomic E-state index is 0.0776. The lowest BCUT2D eigenvalue weighted by Gasteiger charge is -2.53. The van der Waals surface area contributed by atoms with Crippen LogP contribution < -0.4 is 0 Å². The standard InChI is InChI=1S/C14H24N2O3/c1-15-6-10(7-19-2)5-14(15)8-16(9-14)13(18)11-3-12(17)4-11/h10-12,17H,3-9H2,1-2H3/t10-,11?,12?/m0/s1. The number of likely N-dealkylation sites (N-methyl/N-ethyl adjacent to an activating group) is 1. The predicted octanol–water partition coefficient (Wildman–Crippen LogP) is -0.0636. The van der Waals surface area contributed by atoms with Crippen molar-refractivity contribution >= 4 is 5.91 Å². The van der Waals surface area contributed by atoms with E-state index in [0.29, 0.717) is 18.8 Å². The Morgan fingerprint density at radius 2 is 2.11 bits per heavy atom. The highest BCUT2D eigenvalue weighted by Crippen LogP contribution is 2.41. The van der Waals surface area contributed by atoms with Crippen LogP contribution in [0, 0.1) is 11.8 Å². The van der Waals surface area contributed by atoms with Crippen molar-refractivity contribution in [1.82, 2.24) is 9.80 Å². The summed E-state index contributed by atoms with van der Waals surface area (Å²) in [6, 6.07) is 0. The lowest BCUT2D eigenvalue weighted by molar-refractivity contribution is -0.154. The topological polar surface area (TPSA) is 53.0 Å². The molecule has 1 spiro atoms. The van der Waals surface area contributed by atoms with Crippen molar-refractivity contribution in [2.75, 3.05) is 40.4 Å². The molecule has 0 unspecified atom stereocenters. The molecule has 3 rings (SSSR count). The molecule has 0 bridgehead atoms. The van der Waals surface area contributed by atoms with E-state index in [4.69, 9.17) is 4.74 Å². The van der Waals surface area contributed by atoms with Crippen molar-refractivity contribution in [3.05, 3.63) is 0 Å². The van der Waals surface area contributed by atoms with Gasteiger partial charge in [-0.25, -0.2) is 0 Å². The number of likely N-dealkylation sites (tertiary alicyclic amines) is 2. The molecule has 5 heteroatoms. The highest BCUT2D eigenvalue weighted by molar-refractivity contribution is 5.81. The van der Waals surface area contributed by atoms with Gasteiger partial charge in [0, 0.05) is 32.7 Å². The third-order valence-corrected chi connectivity index (χ3v) is 5.16. The number of ether oxygens (including phenoxy) is 1.